The van der Waals surface area contributed by atoms with Gasteiger partial charge in [0.2, 0.25) is 5.91 Å². The van der Waals surface area contributed by atoms with Crippen molar-refractivity contribution in [3.8, 4) is 0 Å². The van der Waals surface area contributed by atoms with Crippen LogP contribution in [0.25, 0.3) is 0 Å². The Labute approximate surface area is 335 Å². The molecule has 4 aliphatic heterocycles. The standard InChI is InChI=1S/C20H36N4O5.C17H33N5O3.C2H6/c1-17(25)4-5-18(20(28)29)24-9-3-7-21-10-11-22(14-15-24)6-2-8-23(13-12-21)16-19(26)27;1-18-16(23)14-21-6-2-4-20-9-8-19(10-12-21)5-3-7-22(13-11-20)15-17(24)25;1-2/h18H,2-16H2,1H3,(H,26,27)(H,28,29);2-15H2,1H3,(H,18,23)(H,24,25);1-2H3. The molecule has 5 atom stereocenters. The summed E-state index contributed by atoms with van der Waals surface area (Å²) in [6, 6.07) is -0.618. The Kier molecular flexibility index (Phi) is 25.2. The second kappa shape index (κ2) is 28.6. The smallest absolute Gasteiger partial charge is 0.320 e. The van der Waals surface area contributed by atoms with Crippen molar-refractivity contribution in [3.05, 3.63) is 0 Å². The molecule has 4 heterocycles. The van der Waals surface area contributed by atoms with Crippen molar-refractivity contribution in [2.75, 3.05) is 158 Å². The number of fused-ring (bicyclic) bond motifs is 6. The lowest BCUT2D eigenvalue weighted by molar-refractivity contribution is -0.144. The van der Waals surface area contributed by atoms with E-state index in [1.165, 1.54) is 6.92 Å². The van der Waals surface area contributed by atoms with E-state index in [9.17, 15) is 29.1 Å². The predicted octanol–water partition coefficient (Wildman–Crippen LogP) is -0.233. The third-order valence-electron chi connectivity index (χ3n) is 11.0. The van der Waals surface area contributed by atoms with E-state index in [2.05, 4.69) is 34.7 Å². The monoisotopic (exact) mass is 798 g/mol. The van der Waals surface area contributed by atoms with E-state index < -0.39 is 23.9 Å². The number of carbonyl (C=O) groups is 5. The molecular formula is C39H75N9O8. The summed E-state index contributed by atoms with van der Waals surface area (Å²) in [5, 5.41) is 30.6. The molecule has 0 aromatic heterocycles. The lowest BCUT2D eigenvalue weighted by Crippen LogP contribution is -2.50. The zero-order valence-corrected chi connectivity index (χ0v) is 35.0. The molecule has 0 aliphatic carbocycles. The SMILES string of the molecule is CC.CC(=O)CCC(C(=O)O)N1CCCN2CCN(CCCN(CC(=O)O)CC2)CC1.CNC(=O)CN1CCCN2CCN(CCCN(CC(=O)O)CC2)CC1. The maximum absolute atomic E-state index is 11.8. The van der Waals surface area contributed by atoms with Crippen molar-refractivity contribution >= 4 is 29.6 Å². The first kappa shape index (κ1) is 49.4. The normalized spacial score (nSPS) is 26.1. The number of hydrogen-bond acceptors (Lipinski definition) is 13. The van der Waals surface area contributed by atoms with E-state index in [0.717, 1.165) is 143 Å². The van der Waals surface area contributed by atoms with E-state index in [1.54, 1.807) is 7.05 Å². The maximum Gasteiger partial charge on any atom is 0.320 e. The molecule has 1 amide bonds. The topological polar surface area (TPSA) is 184 Å². The van der Waals surface area contributed by atoms with Crippen LogP contribution < -0.4 is 5.32 Å². The van der Waals surface area contributed by atoms with Gasteiger partial charge in [0, 0.05) is 112 Å². The zero-order chi connectivity index (χ0) is 41.3. The fraction of sp³-hybridized carbons (Fsp3) is 0.872. The number of aliphatic carboxylic acids is 3. The Morgan fingerprint density at radius 3 is 1.21 bits per heavy atom. The van der Waals surface area contributed by atoms with Gasteiger partial charge in [-0.25, -0.2) is 0 Å². The van der Waals surface area contributed by atoms with Crippen LogP contribution in [-0.2, 0) is 24.0 Å². The van der Waals surface area contributed by atoms with Gasteiger partial charge in [-0.2, -0.15) is 0 Å². The van der Waals surface area contributed by atoms with Gasteiger partial charge in [0.1, 0.15) is 11.8 Å². The highest BCUT2D eigenvalue weighted by molar-refractivity contribution is 5.78. The Morgan fingerprint density at radius 1 is 0.500 bits per heavy atom. The average Bonchev–Trinajstić information content (AvgIpc) is 3.16. The molecule has 0 radical (unpaired) electrons. The van der Waals surface area contributed by atoms with Gasteiger partial charge in [0.25, 0.3) is 0 Å². The van der Waals surface area contributed by atoms with Crippen LogP contribution in [0.2, 0.25) is 0 Å². The van der Waals surface area contributed by atoms with Gasteiger partial charge in [-0.05, 0) is 71.8 Å². The first-order valence-corrected chi connectivity index (χ1v) is 21.1. The minimum Gasteiger partial charge on any atom is -0.480 e. The molecule has 324 valence electrons. The fourth-order valence-electron chi connectivity index (χ4n) is 7.78. The van der Waals surface area contributed by atoms with Crippen molar-refractivity contribution in [2.24, 2.45) is 0 Å². The quantitative estimate of drug-likeness (QED) is 0.215. The number of nitrogens with zero attached hydrogens (tertiary/aromatic N) is 8. The molecule has 4 bridgehead atoms. The van der Waals surface area contributed by atoms with Crippen molar-refractivity contribution < 1.29 is 39.3 Å². The number of ketones is 1. The lowest BCUT2D eigenvalue weighted by atomic mass is 10.1. The molecule has 4 aliphatic rings. The van der Waals surface area contributed by atoms with Crippen molar-refractivity contribution in [3.63, 3.8) is 0 Å². The van der Waals surface area contributed by atoms with Crippen molar-refractivity contribution in [2.45, 2.75) is 65.3 Å². The van der Waals surface area contributed by atoms with Gasteiger partial charge in [0.05, 0.1) is 19.6 Å². The number of amides is 1. The summed E-state index contributed by atoms with van der Waals surface area (Å²) in [4.78, 5) is 75.0. The van der Waals surface area contributed by atoms with Gasteiger partial charge < -0.3 is 45.0 Å². The molecule has 17 nitrogen and oxygen atoms in total. The van der Waals surface area contributed by atoms with Crippen LogP contribution in [0.1, 0.15) is 59.3 Å². The molecule has 56 heavy (non-hydrogen) atoms. The molecule has 0 spiro atoms. The first-order valence-electron chi connectivity index (χ1n) is 21.1. The van der Waals surface area contributed by atoms with Gasteiger partial charge in [-0.1, -0.05) is 13.8 Å². The van der Waals surface area contributed by atoms with Crippen LogP contribution in [0.15, 0.2) is 0 Å². The highest BCUT2D eigenvalue weighted by Gasteiger charge is 2.27. The summed E-state index contributed by atoms with van der Waals surface area (Å²) in [6.45, 7) is 23.7. The van der Waals surface area contributed by atoms with Crippen LogP contribution >= 0.6 is 0 Å². The predicted molar refractivity (Wildman–Crippen MR) is 217 cm³/mol. The molecule has 4 N–H and O–H groups in total. The van der Waals surface area contributed by atoms with E-state index in [-0.39, 0.29) is 24.8 Å². The van der Waals surface area contributed by atoms with E-state index in [4.69, 9.17) is 10.2 Å². The number of carboxylic acids is 3. The largest absolute Gasteiger partial charge is 0.480 e. The number of hydrogen-bond donors (Lipinski definition) is 4. The highest BCUT2D eigenvalue weighted by Crippen LogP contribution is 2.13. The number of rotatable bonds is 11. The number of likely N-dealkylation sites (N-methyl/N-ethyl adjacent to an activating group) is 1. The van der Waals surface area contributed by atoms with Crippen molar-refractivity contribution in [1.82, 2.24) is 44.5 Å². The Balaban J connectivity index is 0.000000374. The van der Waals surface area contributed by atoms with Crippen LogP contribution in [-0.4, -0.2) is 248 Å². The minimum atomic E-state index is -0.850. The van der Waals surface area contributed by atoms with Gasteiger partial charge in [0.15, 0.2) is 0 Å². The summed E-state index contributed by atoms with van der Waals surface area (Å²) >= 11 is 0. The molecule has 5 unspecified atom stereocenters. The zero-order valence-electron chi connectivity index (χ0n) is 35.0. The molecule has 4 saturated heterocycles. The molecule has 17 heteroatoms. The summed E-state index contributed by atoms with van der Waals surface area (Å²) in [5.74, 6) is -2.28. The second-order valence-electron chi connectivity index (χ2n) is 15.2. The fourth-order valence-corrected chi connectivity index (χ4v) is 7.78. The van der Waals surface area contributed by atoms with Crippen LogP contribution in [0.5, 0.6) is 0 Å². The number of carbonyl (C=O) groups excluding carboxylic acids is 2. The van der Waals surface area contributed by atoms with Gasteiger partial charge in [-0.3, -0.25) is 38.8 Å². The molecule has 0 aromatic rings. The lowest BCUT2D eigenvalue weighted by Gasteiger charge is -2.37. The first-order chi connectivity index (χ1) is 26.9. The number of carboxylic acid groups (broad SMARTS) is 3. The third kappa shape index (κ3) is 21.1. The molecule has 4 fully saturated rings. The van der Waals surface area contributed by atoms with E-state index >= 15 is 0 Å². The Bertz CT molecular complexity index is 1170. The summed E-state index contributed by atoms with van der Waals surface area (Å²) in [6.07, 6.45) is 4.45. The Hall–Kier alpha value is -2.77. The number of Topliss-reactive ketones (excluding diaryl/α,β-unsaturated/α-hetero) is 1. The third-order valence-corrected chi connectivity index (χ3v) is 11.0. The highest BCUT2D eigenvalue weighted by atomic mass is 16.4. The second-order valence-corrected chi connectivity index (χ2v) is 15.2. The van der Waals surface area contributed by atoms with E-state index in [1.807, 2.05) is 23.6 Å². The van der Waals surface area contributed by atoms with Crippen LogP contribution in [0.3, 0.4) is 0 Å². The summed E-state index contributed by atoms with van der Waals surface area (Å²) in [7, 11) is 1.69. The van der Waals surface area contributed by atoms with Crippen molar-refractivity contribution in [1.29, 1.82) is 0 Å². The minimum absolute atomic E-state index is 0.0261. The molecule has 0 saturated carbocycles. The average molecular weight is 798 g/mol. The van der Waals surface area contributed by atoms with Crippen LogP contribution in [0, 0.1) is 0 Å². The maximum atomic E-state index is 11.8. The summed E-state index contributed by atoms with van der Waals surface area (Å²) in [5.41, 5.74) is 0. The Morgan fingerprint density at radius 2 is 0.857 bits per heavy atom. The van der Waals surface area contributed by atoms with Crippen LogP contribution in [0.4, 0.5) is 0 Å². The van der Waals surface area contributed by atoms with Gasteiger partial charge >= 0.3 is 17.9 Å². The van der Waals surface area contributed by atoms with Gasteiger partial charge in [-0.15, -0.1) is 0 Å². The van der Waals surface area contributed by atoms with E-state index in [0.29, 0.717) is 32.5 Å². The summed E-state index contributed by atoms with van der Waals surface area (Å²) < 4.78 is 0. The molecular weight excluding hydrogens is 722 g/mol. The molecule has 4 rings (SSSR count). The molecule has 0 aromatic carbocycles. The number of nitrogens with one attached hydrogen (secondary N) is 1.